The first-order chi connectivity index (χ1) is 17.9. The van der Waals surface area contributed by atoms with Gasteiger partial charge >= 0.3 is 5.97 Å². The monoisotopic (exact) mass is 494 g/mol. The highest BCUT2D eigenvalue weighted by atomic mass is 16.6. The van der Waals surface area contributed by atoms with Crippen LogP contribution < -0.4 is 5.32 Å². The molecule has 0 fully saturated rings. The fraction of sp³-hybridized carbons (Fsp3) is 0.200. The molecule has 0 saturated carbocycles. The highest BCUT2D eigenvalue weighted by Crippen LogP contribution is 2.46. The van der Waals surface area contributed by atoms with Gasteiger partial charge in [0.1, 0.15) is 6.61 Å². The summed E-state index contributed by atoms with van der Waals surface area (Å²) in [6.45, 7) is 1.90. The SMILES string of the molecule is CC1=C(C(=O)OCc2ccccc2)[C@H](c2ccc([N+](=O)[O-])cc2)C2=C(C[C@@H](c3ccccc3)CC2=O)N1. The minimum Gasteiger partial charge on any atom is -0.457 e. The van der Waals surface area contributed by atoms with Crippen LogP contribution in [0.2, 0.25) is 0 Å². The van der Waals surface area contributed by atoms with Crippen LogP contribution in [0, 0.1) is 10.1 Å². The Hall–Kier alpha value is -4.52. The van der Waals surface area contributed by atoms with Crippen LogP contribution >= 0.6 is 0 Å². The van der Waals surface area contributed by atoms with E-state index in [2.05, 4.69) is 5.32 Å². The summed E-state index contributed by atoms with van der Waals surface area (Å²) in [6.07, 6.45) is 0.942. The zero-order valence-corrected chi connectivity index (χ0v) is 20.3. The molecular weight excluding hydrogens is 468 g/mol. The third kappa shape index (κ3) is 4.93. The lowest BCUT2D eigenvalue weighted by Gasteiger charge is -2.36. The van der Waals surface area contributed by atoms with Crippen LogP contribution in [0.1, 0.15) is 48.3 Å². The topological polar surface area (TPSA) is 98.5 Å². The van der Waals surface area contributed by atoms with Crippen molar-refractivity contribution in [3.63, 3.8) is 0 Å². The van der Waals surface area contributed by atoms with Crippen LogP contribution in [0.25, 0.3) is 0 Å². The maximum atomic E-state index is 13.6. The van der Waals surface area contributed by atoms with E-state index in [9.17, 15) is 19.7 Å². The zero-order valence-electron chi connectivity index (χ0n) is 20.3. The second-order valence-corrected chi connectivity index (χ2v) is 9.34. The predicted molar refractivity (Wildman–Crippen MR) is 138 cm³/mol. The van der Waals surface area contributed by atoms with Crippen LogP contribution in [-0.2, 0) is 20.9 Å². The highest BCUT2D eigenvalue weighted by molar-refractivity contribution is 6.04. The van der Waals surface area contributed by atoms with E-state index >= 15 is 0 Å². The molecule has 7 nitrogen and oxygen atoms in total. The van der Waals surface area contributed by atoms with Gasteiger partial charge in [-0.2, -0.15) is 0 Å². The molecule has 0 aromatic heterocycles. The molecule has 0 saturated heterocycles. The lowest BCUT2D eigenvalue weighted by Crippen LogP contribution is -2.36. The molecule has 0 unspecified atom stereocenters. The number of nitro groups is 1. The van der Waals surface area contributed by atoms with Gasteiger partial charge in [0.25, 0.3) is 5.69 Å². The Labute approximate surface area is 214 Å². The van der Waals surface area contributed by atoms with E-state index in [1.54, 1.807) is 19.1 Å². The molecule has 37 heavy (non-hydrogen) atoms. The van der Waals surface area contributed by atoms with Crippen molar-refractivity contribution < 1.29 is 19.2 Å². The summed E-state index contributed by atoms with van der Waals surface area (Å²) in [7, 11) is 0. The number of non-ortho nitro benzene ring substituents is 1. The molecule has 3 aromatic rings. The molecule has 0 radical (unpaired) electrons. The Bertz CT molecular complexity index is 1410. The standard InChI is InChI=1S/C30H26N2O5/c1-19-27(30(34)37-18-20-8-4-2-5-9-20)28(22-12-14-24(15-13-22)32(35)36)29-25(31-19)16-23(17-26(29)33)21-10-6-3-7-11-21/h2-15,23,28,31H,16-18H2,1H3/t23-,28+/m1/s1. The Kier molecular flexibility index (Phi) is 6.68. The van der Waals surface area contributed by atoms with Gasteiger partial charge in [-0.15, -0.1) is 0 Å². The molecule has 2 aliphatic rings. The van der Waals surface area contributed by atoms with Gasteiger partial charge in [0.15, 0.2) is 5.78 Å². The van der Waals surface area contributed by atoms with E-state index < -0.39 is 16.8 Å². The number of ether oxygens (including phenoxy) is 1. The Balaban J connectivity index is 1.52. The molecule has 1 N–H and O–H groups in total. The first-order valence-corrected chi connectivity index (χ1v) is 12.2. The molecule has 0 spiro atoms. The number of nitrogens with one attached hydrogen (secondary N) is 1. The van der Waals surface area contributed by atoms with Crippen molar-refractivity contribution in [2.75, 3.05) is 0 Å². The summed E-state index contributed by atoms with van der Waals surface area (Å²) in [5.74, 6) is -1.23. The van der Waals surface area contributed by atoms with Gasteiger partial charge in [0.2, 0.25) is 0 Å². The zero-order chi connectivity index (χ0) is 25.9. The second-order valence-electron chi connectivity index (χ2n) is 9.34. The number of carbonyl (C=O) groups is 2. The smallest absolute Gasteiger partial charge is 0.337 e. The van der Waals surface area contributed by atoms with Crippen molar-refractivity contribution in [3.05, 3.63) is 134 Å². The molecule has 5 rings (SSSR count). The fourth-order valence-electron chi connectivity index (χ4n) is 5.19. The van der Waals surface area contributed by atoms with Crippen molar-refractivity contribution in [1.29, 1.82) is 0 Å². The molecule has 2 atom stereocenters. The summed E-state index contributed by atoms with van der Waals surface area (Å²) in [4.78, 5) is 37.9. The van der Waals surface area contributed by atoms with Crippen LogP contribution in [0.15, 0.2) is 107 Å². The quantitative estimate of drug-likeness (QED) is 0.268. The Morgan fingerprint density at radius 3 is 2.24 bits per heavy atom. The van der Waals surface area contributed by atoms with Gasteiger partial charge in [0.05, 0.1) is 10.5 Å². The minimum absolute atomic E-state index is 0.0249. The van der Waals surface area contributed by atoms with E-state index in [1.165, 1.54) is 12.1 Å². The number of hydrogen-bond donors (Lipinski definition) is 1. The molecule has 186 valence electrons. The van der Waals surface area contributed by atoms with Gasteiger partial charge in [-0.3, -0.25) is 14.9 Å². The number of rotatable bonds is 6. The van der Waals surface area contributed by atoms with Crippen molar-refractivity contribution in [2.45, 2.75) is 38.2 Å². The fourth-order valence-corrected chi connectivity index (χ4v) is 5.19. The van der Waals surface area contributed by atoms with Gasteiger partial charge < -0.3 is 10.1 Å². The van der Waals surface area contributed by atoms with Crippen molar-refractivity contribution in [2.24, 2.45) is 0 Å². The summed E-state index contributed by atoms with van der Waals surface area (Å²) in [6, 6.07) is 25.3. The molecule has 1 heterocycles. The predicted octanol–water partition coefficient (Wildman–Crippen LogP) is 5.70. The maximum absolute atomic E-state index is 13.6. The third-order valence-electron chi connectivity index (χ3n) is 6.97. The van der Waals surface area contributed by atoms with Gasteiger partial charge in [0, 0.05) is 41.4 Å². The van der Waals surface area contributed by atoms with E-state index in [-0.39, 0.29) is 24.0 Å². The molecule has 3 aromatic carbocycles. The number of nitro benzene ring substituents is 1. The number of nitrogens with zero attached hydrogens (tertiary/aromatic N) is 1. The summed E-state index contributed by atoms with van der Waals surface area (Å²) >= 11 is 0. The lowest BCUT2D eigenvalue weighted by molar-refractivity contribution is -0.384. The lowest BCUT2D eigenvalue weighted by atomic mass is 9.71. The largest absolute Gasteiger partial charge is 0.457 e. The molecule has 0 bridgehead atoms. The van der Waals surface area contributed by atoms with Gasteiger partial charge in [-0.05, 0) is 36.0 Å². The van der Waals surface area contributed by atoms with Crippen LogP contribution in [0.5, 0.6) is 0 Å². The Morgan fingerprint density at radius 2 is 1.59 bits per heavy atom. The van der Waals surface area contributed by atoms with Crippen LogP contribution in [-0.4, -0.2) is 16.7 Å². The number of esters is 1. The van der Waals surface area contributed by atoms with Gasteiger partial charge in [-0.25, -0.2) is 4.79 Å². The average molecular weight is 495 g/mol. The first-order valence-electron chi connectivity index (χ1n) is 12.2. The van der Waals surface area contributed by atoms with E-state index in [1.807, 2.05) is 60.7 Å². The number of Topliss-reactive ketones (excluding diaryl/α,β-unsaturated/α-hetero) is 1. The van der Waals surface area contributed by atoms with Crippen LogP contribution in [0.3, 0.4) is 0 Å². The normalized spacial score (nSPS) is 19.2. The summed E-state index contributed by atoms with van der Waals surface area (Å²) < 4.78 is 5.68. The summed E-state index contributed by atoms with van der Waals surface area (Å²) in [5.41, 5.74) is 4.78. The van der Waals surface area contributed by atoms with Crippen molar-refractivity contribution in [1.82, 2.24) is 5.32 Å². The highest BCUT2D eigenvalue weighted by Gasteiger charge is 2.41. The third-order valence-corrected chi connectivity index (χ3v) is 6.97. The molecule has 1 aliphatic carbocycles. The molecule has 7 heteroatoms. The number of hydrogen-bond acceptors (Lipinski definition) is 6. The number of allylic oxidation sites excluding steroid dienone is 3. The van der Waals surface area contributed by atoms with Gasteiger partial charge in [-0.1, -0.05) is 72.8 Å². The van der Waals surface area contributed by atoms with Crippen molar-refractivity contribution >= 4 is 17.4 Å². The van der Waals surface area contributed by atoms with E-state index in [0.29, 0.717) is 35.2 Å². The van der Waals surface area contributed by atoms with Crippen molar-refractivity contribution in [3.8, 4) is 0 Å². The van der Waals surface area contributed by atoms with Crippen LogP contribution in [0.4, 0.5) is 5.69 Å². The second kappa shape index (κ2) is 10.2. The maximum Gasteiger partial charge on any atom is 0.337 e. The van der Waals surface area contributed by atoms with E-state index in [4.69, 9.17) is 4.74 Å². The number of carbonyl (C=O) groups excluding carboxylic acids is 2. The molecular formula is C30H26N2O5. The number of dihydropyridines is 1. The Morgan fingerprint density at radius 1 is 0.946 bits per heavy atom. The average Bonchev–Trinajstić information content (AvgIpc) is 2.92. The first kappa shape index (κ1) is 24.2. The molecule has 1 aliphatic heterocycles. The number of ketones is 1. The number of benzene rings is 3. The summed E-state index contributed by atoms with van der Waals surface area (Å²) in [5, 5.41) is 14.6. The molecule has 0 amide bonds. The van der Waals surface area contributed by atoms with E-state index in [0.717, 1.165) is 16.8 Å². The minimum atomic E-state index is -0.676.